The van der Waals surface area contributed by atoms with Gasteiger partial charge in [0.25, 0.3) is 5.91 Å². The Bertz CT molecular complexity index is 1090. The molecule has 0 spiro atoms. The number of aromatic nitrogens is 1. The Kier molecular flexibility index (Phi) is 7.22. The van der Waals surface area contributed by atoms with Gasteiger partial charge in [0.1, 0.15) is 28.9 Å². The smallest absolute Gasteiger partial charge is 0.409 e. The molecule has 2 amide bonds. The minimum Gasteiger partial charge on any atom is -0.447 e. The van der Waals surface area contributed by atoms with Crippen molar-refractivity contribution in [2.75, 3.05) is 33.4 Å². The summed E-state index contributed by atoms with van der Waals surface area (Å²) in [6.45, 7) is 0.420. The second-order valence-electron chi connectivity index (χ2n) is 8.12. The molecule has 10 nitrogen and oxygen atoms in total. The number of carbonyl (C=O) groups excluding carboxylic acids is 2. The van der Waals surface area contributed by atoms with Crippen LogP contribution in [0.15, 0.2) is 47.5 Å². The molecule has 2 fully saturated rings. The number of amides is 2. The number of carbonyl (C=O) groups is 2. The summed E-state index contributed by atoms with van der Waals surface area (Å²) in [5.41, 5.74) is 1.36. The Morgan fingerprint density at radius 3 is 2.82 bits per heavy atom. The van der Waals surface area contributed by atoms with Gasteiger partial charge in [0, 0.05) is 31.5 Å². The Morgan fingerprint density at radius 1 is 1.32 bits per heavy atom. The first kappa shape index (κ1) is 24.2. The number of hydrogen-bond donors (Lipinski definition) is 2. The average Bonchev–Trinajstić information content (AvgIpc) is 3.09. The fourth-order valence-corrected chi connectivity index (χ4v) is 6.02. The van der Waals surface area contributed by atoms with Crippen LogP contribution in [0.3, 0.4) is 0 Å². The molecule has 4 rings (SSSR count). The van der Waals surface area contributed by atoms with Gasteiger partial charge in [-0.2, -0.15) is 4.31 Å². The molecule has 2 saturated heterocycles. The molecule has 3 atom stereocenters. The molecule has 12 heteroatoms. The molecule has 0 radical (unpaired) electrons. The lowest BCUT2D eigenvalue weighted by molar-refractivity contribution is -0.141. The van der Waals surface area contributed by atoms with Crippen LogP contribution in [0.1, 0.15) is 12.8 Å². The number of hydrogen-bond acceptors (Lipinski definition) is 7. The van der Waals surface area contributed by atoms with Crippen molar-refractivity contribution in [3.63, 3.8) is 0 Å². The highest BCUT2D eigenvalue weighted by Crippen LogP contribution is 2.42. The Hall–Kier alpha value is -2.93. The molecular weight excluding hydrogens is 467 g/mol. The van der Waals surface area contributed by atoms with Gasteiger partial charge in [-0.15, -0.1) is 0 Å². The lowest BCUT2D eigenvalue weighted by Gasteiger charge is -2.45. The average molecular weight is 493 g/mol. The summed E-state index contributed by atoms with van der Waals surface area (Å²) in [4.78, 5) is 31.4. The number of ether oxygens (including phenoxy) is 2. The zero-order valence-corrected chi connectivity index (χ0v) is 19.3. The predicted octanol–water partition coefficient (Wildman–Crippen LogP) is 1.72. The number of nitrogens with one attached hydrogen (secondary N) is 1. The molecule has 1 aromatic carbocycles. The van der Waals surface area contributed by atoms with Crippen molar-refractivity contribution in [1.82, 2.24) is 19.7 Å². The van der Waals surface area contributed by atoms with E-state index in [1.807, 2.05) is 0 Å². The number of rotatable bonds is 7. The highest BCUT2D eigenvalue weighted by atomic mass is 32.2. The lowest BCUT2D eigenvalue weighted by Crippen LogP contribution is -2.68. The van der Waals surface area contributed by atoms with Crippen molar-refractivity contribution in [3.8, 4) is 11.3 Å². The van der Waals surface area contributed by atoms with Crippen LogP contribution >= 0.6 is 0 Å². The molecular formula is C22H25FN4O6S. The summed E-state index contributed by atoms with van der Waals surface area (Å²) in [5, 5.41) is 9.44. The second-order valence-corrected chi connectivity index (χ2v) is 9.48. The number of piperazine rings is 1. The summed E-state index contributed by atoms with van der Waals surface area (Å²) >= 11 is 0. The van der Waals surface area contributed by atoms with E-state index in [9.17, 15) is 23.4 Å². The van der Waals surface area contributed by atoms with E-state index in [4.69, 9.17) is 9.47 Å². The largest absolute Gasteiger partial charge is 0.447 e. The van der Waals surface area contributed by atoms with Gasteiger partial charge in [-0.05, 0) is 37.1 Å². The number of likely N-dealkylation sites (tertiary alicyclic amines) is 1. The van der Waals surface area contributed by atoms with Crippen LogP contribution < -0.4 is 5.48 Å². The van der Waals surface area contributed by atoms with Crippen LogP contribution in [-0.4, -0.2) is 80.6 Å². The van der Waals surface area contributed by atoms with Crippen molar-refractivity contribution < 1.29 is 32.9 Å². The van der Waals surface area contributed by atoms with Gasteiger partial charge in [-0.25, -0.2) is 18.9 Å². The fraction of sp³-hybridized carbons (Fsp3) is 0.409. The maximum absolute atomic E-state index is 13.6. The van der Waals surface area contributed by atoms with E-state index in [2.05, 4.69) is 4.98 Å². The quantitative estimate of drug-likeness (QED) is 0.343. The molecule has 0 aliphatic carbocycles. The van der Waals surface area contributed by atoms with E-state index in [0.29, 0.717) is 29.0 Å². The maximum atomic E-state index is 13.6. The molecule has 34 heavy (non-hydrogen) atoms. The van der Waals surface area contributed by atoms with Gasteiger partial charge in [0.05, 0.1) is 23.7 Å². The van der Waals surface area contributed by atoms with E-state index in [1.165, 1.54) is 34.6 Å². The van der Waals surface area contributed by atoms with Gasteiger partial charge in [0.2, 0.25) is 0 Å². The van der Waals surface area contributed by atoms with Gasteiger partial charge in [-0.1, -0.05) is 12.1 Å². The van der Waals surface area contributed by atoms with Crippen molar-refractivity contribution in [1.29, 1.82) is 0 Å². The number of pyridine rings is 1. The maximum Gasteiger partial charge on any atom is 0.409 e. The van der Waals surface area contributed by atoms with Crippen LogP contribution in [0, 0.1) is 5.82 Å². The first-order chi connectivity index (χ1) is 16.4. The third kappa shape index (κ3) is 4.53. The third-order valence-electron chi connectivity index (χ3n) is 6.06. The van der Waals surface area contributed by atoms with Crippen LogP contribution in [0.4, 0.5) is 9.18 Å². The Balaban J connectivity index is 1.57. The van der Waals surface area contributed by atoms with Crippen LogP contribution in [0.25, 0.3) is 11.3 Å². The van der Waals surface area contributed by atoms with Gasteiger partial charge in [0.15, 0.2) is 0 Å². The summed E-state index contributed by atoms with van der Waals surface area (Å²) < 4.78 is 38.7. The minimum atomic E-state index is -1.81. The molecule has 1 aromatic heterocycles. The normalized spacial score (nSPS) is 22.9. The van der Waals surface area contributed by atoms with Crippen molar-refractivity contribution >= 4 is 23.0 Å². The monoisotopic (exact) mass is 492 g/mol. The first-order valence-corrected chi connectivity index (χ1v) is 11.8. The molecule has 2 N–H and O–H groups in total. The fourth-order valence-electron chi connectivity index (χ4n) is 4.47. The number of nitrogens with zero attached hydrogens (tertiary/aromatic N) is 3. The van der Waals surface area contributed by atoms with Crippen molar-refractivity contribution in [2.45, 2.75) is 29.3 Å². The molecule has 3 unspecified atom stereocenters. The summed E-state index contributed by atoms with van der Waals surface area (Å²) in [7, 11) is -0.319. The lowest BCUT2D eigenvalue weighted by atomic mass is 9.96. The molecule has 2 aliphatic heterocycles. The van der Waals surface area contributed by atoms with Crippen molar-refractivity contribution in [3.05, 3.63) is 48.4 Å². The SMILES string of the molecule is COCCOC(=O)N1CC2CCC(C(=O)NO)(C1)N2S(=O)c1ccc(-c2cccc(F)c2)nc1. The zero-order chi connectivity index (χ0) is 24.3. The molecule has 2 aromatic rings. The third-order valence-corrected chi connectivity index (χ3v) is 7.71. The molecule has 2 bridgehead atoms. The van der Waals surface area contributed by atoms with Gasteiger partial charge >= 0.3 is 6.09 Å². The standard InChI is InChI=1S/C22H25FN4O6S/c1-32-9-10-33-21(29)26-13-17-7-8-22(14-26,20(28)25-30)27(17)34(31)18-5-6-19(24-12-18)15-3-2-4-16(23)11-15/h2-6,11-12,17,30H,7-10,13-14H2,1H3,(H,25,28). The highest BCUT2D eigenvalue weighted by molar-refractivity contribution is 7.82. The van der Waals surface area contributed by atoms with Crippen molar-refractivity contribution in [2.24, 2.45) is 0 Å². The number of methoxy groups -OCH3 is 1. The van der Waals surface area contributed by atoms with Crippen LogP contribution in [0.2, 0.25) is 0 Å². The Morgan fingerprint density at radius 2 is 2.15 bits per heavy atom. The summed E-state index contributed by atoms with van der Waals surface area (Å²) in [6, 6.07) is 8.82. The Labute approximate surface area is 198 Å². The van der Waals surface area contributed by atoms with Gasteiger partial charge < -0.3 is 14.4 Å². The highest BCUT2D eigenvalue weighted by Gasteiger charge is 2.59. The number of fused-ring (bicyclic) bond motifs is 2. The molecule has 0 saturated carbocycles. The van der Waals surface area contributed by atoms with Gasteiger partial charge in [-0.3, -0.25) is 15.0 Å². The van der Waals surface area contributed by atoms with Crippen LogP contribution in [0.5, 0.6) is 0 Å². The van der Waals surface area contributed by atoms with E-state index < -0.39 is 34.6 Å². The summed E-state index contributed by atoms with van der Waals surface area (Å²) in [5.74, 6) is -1.14. The van der Waals surface area contributed by atoms with E-state index >= 15 is 0 Å². The molecule has 2 aliphatic rings. The first-order valence-electron chi connectivity index (χ1n) is 10.7. The predicted molar refractivity (Wildman–Crippen MR) is 118 cm³/mol. The summed E-state index contributed by atoms with van der Waals surface area (Å²) in [6.07, 6.45) is 1.61. The number of halogens is 1. The molecule has 3 heterocycles. The molecule has 182 valence electrons. The number of benzene rings is 1. The number of hydroxylamine groups is 1. The zero-order valence-electron chi connectivity index (χ0n) is 18.5. The van der Waals surface area contributed by atoms with E-state index in [1.54, 1.807) is 29.7 Å². The van der Waals surface area contributed by atoms with E-state index in [-0.39, 0.29) is 32.1 Å². The minimum absolute atomic E-state index is 0.0642. The van der Waals surface area contributed by atoms with E-state index in [0.717, 1.165) is 0 Å². The second kappa shape index (κ2) is 10.1. The van der Waals surface area contributed by atoms with Crippen LogP contribution in [-0.2, 0) is 25.3 Å². The topological polar surface area (TPSA) is 121 Å².